The highest BCUT2D eigenvalue weighted by atomic mass is 16.5. The van der Waals surface area contributed by atoms with Gasteiger partial charge in [-0.15, -0.1) is 0 Å². The number of para-hydroxylation sites is 2. The number of anilines is 2. The monoisotopic (exact) mass is 326 g/mol. The van der Waals surface area contributed by atoms with Crippen LogP contribution in [0.2, 0.25) is 0 Å². The van der Waals surface area contributed by atoms with E-state index in [1.165, 1.54) is 23.1 Å². The zero-order chi connectivity index (χ0) is 17.1. The number of carbonyl (C=O) groups excluding carboxylic acids is 2. The number of hydrogen-bond donors (Lipinski definition) is 2. The van der Waals surface area contributed by atoms with Crippen molar-refractivity contribution in [1.82, 2.24) is 0 Å². The third-order valence-electron chi connectivity index (χ3n) is 3.50. The Bertz CT molecular complexity index is 818. The molecule has 0 spiro atoms. The number of ether oxygens (including phenoxy) is 1. The van der Waals surface area contributed by atoms with Gasteiger partial charge >= 0.3 is 5.97 Å². The van der Waals surface area contributed by atoms with Gasteiger partial charge in [-0.2, -0.15) is 0 Å². The maximum absolute atomic E-state index is 12.2. The number of hydrogen-bond acceptors (Lipinski definition) is 4. The maximum Gasteiger partial charge on any atom is 0.335 e. The van der Waals surface area contributed by atoms with E-state index in [0.717, 1.165) is 0 Å². The highest BCUT2D eigenvalue weighted by Crippen LogP contribution is 2.31. The molecule has 0 saturated heterocycles. The number of amides is 2. The van der Waals surface area contributed by atoms with Gasteiger partial charge in [0.25, 0.3) is 5.91 Å². The highest BCUT2D eigenvalue weighted by molar-refractivity contribution is 6.05. The van der Waals surface area contributed by atoms with E-state index in [4.69, 9.17) is 9.84 Å². The summed E-state index contributed by atoms with van der Waals surface area (Å²) < 4.78 is 5.32. The topological polar surface area (TPSA) is 95.9 Å². The summed E-state index contributed by atoms with van der Waals surface area (Å²) in [5, 5.41) is 11.6. The van der Waals surface area contributed by atoms with Crippen LogP contribution >= 0.6 is 0 Å². The zero-order valence-corrected chi connectivity index (χ0v) is 12.6. The van der Waals surface area contributed by atoms with Gasteiger partial charge in [0.05, 0.1) is 11.3 Å². The number of nitrogens with zero attached hydrogens (tertiary/aromatic N) is 1. The zero-order valence-electron chi connectivity index (χ0n) is 12.6. The fraction of sp³-hybridized carbons (Fsp3) is 0.118. The van der Waals surface area contributed by atoms with E-state index >= 15 is 0 Å². The fourth-order valence-electron chi connectivity index (χ4n) is 2.40. The lowest BCUT2D eigenvalue weighted by Crippen LogP contribution is -2.43. The van der Waals surface area contributed by atoms with Crippen LogP contribution in [0.25, 0.3) is 0 Å². The predicted octanol–water partition coefficient (Wildman–Crippen LogP) is 1.75. The van der Waals surface area contributed by atoms with Gasteiger partial charge in [0.2, 0.25) is 5.91 Å². The largest absolute Gasteiger partial charge is 0.482 e. The summed E-state index contributed by atoms with van der Waals surface area (Å²) in [7, 11) is 0. The number of fused-ring (bicyclic) bond motifs is 1. The Hall–Kier alpha value is -3.35. The van der Waals surface area contributed by atoms with Crippen LogP contribution in [0.3, 0.4) is 0 Å². The molecule has 7 heteroatoms. The van der Waals surface area contributed by atoms with Gasteiger partial charge in [-0.05, 0) is 30.3 Å². The molecule has 0 bridgehead atoms. The molecule has 7 nitrogen and oxygen atoms in total. The third kappa shape index (κ3) is 3.19. The Kier molecular flexibility index (Phi) is 4.15. The molecule has 0 aromatic heterocycles. The van der Waals surface area contributed by atoms with E-state index in [1.54, 1.807) is 30.3 Å². The fourth-order valence-corrected chi connectivity index (χ4v) is 2.40. The summed E-state index contributed by atoms with van der Waals surface area (Å²) in [6.45, 7) is -0.310. The minimum Gasteiger partial charge on any atom is -0.482 e. The van der Waals surface area contributed by atoms with Crippen LogP contribution in [0.5, 0.6) is 5.75 Å². The quantitative estimate of drug-likeness (QED) is 0.892. The molecule has 0 radical (unpaired) electrons. The number of benzene rings is 2. The van der Waals surface area contributed by atoms with E-state index < -0.39 is 11.9 Å². The molecule has 122 valence electrons. The summed E-state index contributed by atoms with van der Waals surface area (Å²) in [5.74, 6) is -1.29. The predicted molar refractivity (Wildman–Crippen MR) is 86.3 cm³/mol. The first-order chi connectivity index (χ1) is 11.5. The standard InChI is InChI=1S/C17H14N2O5/c20-15(18-12-5-3-4-11(8-12)17(22)23)9-19-13-6-1-2-7-14(13)24-10-16(19)21/h1-8H,9-10H2,(H,18,20)(H,22,23). The van der Waals surface area contributed by atoms with Crippen LogP contribution < -0.4 is 15.0 Å². The van der Waals surface area contributed by atoms with Crippen LogP contribution in [0.4, 0.5) is 11.4 Å². The van der Waals surface area contributed by atoms with Crippen molar-refractivity contribution in [3.8, 4) is 5.75 Å². The molecule has 24 heavy (non-hydrogen) atoms. The second kappa shape index (κ2) is 6.41. The van der Waals surface area contributed by atoms with Gasteiger partial charge in [-0.3, -0.25) is 14.5 Å². The van der Waals surface area contributed by atoms with Crippen LogP contribution in [0.15, 0.2) is 48.5 Å². The summed E-state index contributed by atoms with van der Waals surface area (Å²) in [4.78, 5) is 36.6. The summed E-state index contributed by atoms with van der Waals surface area (Å²) in [6, 6.07) is 12.9. The Labute approximate surface area is 137 Å². The van der Waals surface area contributed by atoms with Crippen LogP contribution in [-0.4, -0.2) is 36.0 Å². The normalized spacial score (nSPS) is 13.0. The maximum atomic E-state index is 12.2. The molecule has 1 aliphatic heterocycles. The second-order valence-corrected chi connectivity index (χ2v) is 5.17. The molecular weight excluding hydrogens is 312 g/mol. The molecule has 2 N–H and O–H groups in total. The van der Waals surface area contributed by atoms with Gasteiger partial charge in [0.15, 0.2) is 6.61 Å². The average Bonchev–Trinajstić information content (AvgIpc) is 2.57. The molecule has 2 amide bonds. The van der Waals surface area contributed by atoms with Gasteiger partial charge in [-0.1, -0.05) is 18.2 Å². The van der Waals surface area contributed by atoms with Gasteiger partial charge < -0.3 is 15.2 Å². The van der Waals surface area contributed by atoms with E-state index in [9.17, 15) is 14.4 Å². The molecule has 3 rings (SSSR count). The highest BCUT2D eigenvalue weighted by Gasteiger charge is 2.26. The molecule has 0 saturated carbocycles. The van der Waals surface area contributed by atoms with E-state index in [1.807, 2.05) is 0 Å². The summed E-state index contributed by atoms with van der Waals surface area (Å²) in [5.41, 5.74) is 0.956. The molecule has 1 aliphatic rings. The summed E-state index contributed by atoms with van der Waals surface area (Å²) in [6.07, 6.45) is 0. The number of rotatable bonds is 4. The van der Waals surface area contributed by atoms with Gasteiger partial charge in [0, 0.05) is 5.69 Å². The van der Waals surface area contributed by atoms with Crippen molar-refractivity contribution in [2.75, 3.05) is 23.4 Å². The number of carboxylic acids is 1. The van der Waals surface area contributed by atoms with Crippen LogP contribution in [0.1, 0.15) is 10.4 Å². The summed E-state index contributed by atoms with van der Waals surface area (Å²) >= 11 is 0. The molecule has 0 atom stereocenters. The minimum atomic E-state index is -1.08. The third-order valence-corrected chi connectivity index (χ3v) is 3.50. The van der Waals surface area contributed by atoms with Crippen molar-refractivity contribution in [3.63, 3.8) is 0 Å². The number of aromatic carboxylic acids is 1. The molecule has 0 aliphatic carbocycles. The molecular formula is C17H14N2O5. The number of nitrogens with one attached hydrogen (secondary N) is 1. The van der Waals surface area contributed by atoms with Gasteiger partial charge in [-0.25, -0.2) is 4.79 Å². The molecule has 0 fully saturated rings. The van der Waals surface area contributed by atoms with Crippen molar-refractivity contribution in [2.45, 2.75) is 0 Å². The Balaban J connectivity index is 1.74. The molecule has 2 aromatic carbocycles. The number of carboxylic acid groups (broad SMARTS) is 1. The van der Waals surface area contributed by atoms with Gasteiger partial charge in [0.1, 0.15) is 12.3 Å². The van der Waals surface area contributed by atoms with E-state index in [-0.39, 0.29) is 24.6 Å². The average molecular weight is 326 g/mol. The lowest BCUT2D eigenvalue weighted by molar-refractivity contribution is -0.123. The van der Waals surface area contributed by atoms with Crippen LogP contribution in [0, 0.1) is 0 Å². The lowest BCUT2D eigenvalue weighted by atomic mass is 10.2. The second-order valence-electron chi connectivity index (χ2n) is 5.17. The van der Waals surface area contributed by atoms with E-state index in [0.29, 0.717) is 17.1 Å². The number of carbonyl (C=O) groups is 3. The van der Waals surface area contributed by atoms with E-state index in [2.05, 4.69) is 5.32 Å². The smallest absolute Gasteiger partial charge is 0.335 e. The Morgan fingerprint density at radius 2 is 1.96 bits per heavy atom. The Morgan fingerprint density at radius 1 is 1.17 bits per heavy atom. The molecule has 2 aromatic rings. The lowest BCUT2D eigenvalue weighted by Gasteiger charge is -2.28. The SMILES string of the molecule is O=C(CN1C(=O)COc2ccccc21)Nc1cccc(C(=O)O)c1. The first-order valence-corrected chi connectivity index (χ1v) is 7.20. The van der Waals surface area contributed by atoms with Crippen molar-refractivity contribution in [3.05, 3.63) is 54.1 Å². The molecule has 1 heterocycles. The first-order valence-electron chi connectivity index (χ1n) is 7.20. The van der Waals surface area contributed by atoms with Crippen LogP contribution in [-0.2, 0) is 9.59 Å². The van der Waals surface area contributed by atoms with Crippen molar-refractivity contribution in [1.29, 1.82) is 0 Å². The van der Waals surface area contributed by atoms with Crippen molar-refractivity contribution >= 4 is 29.2 Å². The van der Waals surface area contributed by atoms with Crippen molar-refractivity contribution < 1.29 is 24.2 Å². The Morgan fingerprint density at radius 3 is 2.75 bits per heavy atom. The van der Waals surface area contributed by atoms with Crippen molar-refractivity contribution in [2.24, 2.45) is 0 Å². The minimum absolute atomic E-state index is 0.0700. The first kappa shape index (κ1) is 15.5. The molecule has 0 unspecified atom stereocenters.